The second-order valence-corrected chi connectivity index (χ2v) is 9.53. The summed E-state index contributed by atoms with van der Waals surface area (Å²) < 4.78 is 2.04. The second-order valence-electron chi connectivity index (χ2n) is 7.65. The molecule has 0 saturated heterocycles. The molecule has 0 N–H and O–H groups in total. The lowest BCUT2D eigenvalue weighted by molar-refractivity contribution is 0.590. The molecule has 0 aliphatic carbocycles. The van der Waals surface area contributed by atoms with Crippen LogP contribution < -0.4 is 10.1 Å². The number of hydrogen-bond donors (Lipinski definition) is 0. The Labute approximate surface area is 171 Å². The van der Waals surface area contributed by atoms with Gasteiger partial charge in [0.1, 0.15) is 0 Å². The zero-order chi connectivity index (χ0) is 19.9. The number of nitrogens with zero attached hydrogens (tertiary/aromatic N) is 3. The molecule has 4 rings (SSSR count). The van der Waals surface area contributed by atoms with Crippen LogP contribution in [0.25, 0.3) is 22.4 Å². The fourth-order valence-corrected chi connectivity index (χ4v) is 4.24. The van der Waals surface area contributed by atoms with E-state index in [4.69, 9.17) is 0 Å². The Kier molecular flexibility index (Phi) is 4.85. The summed E-state index contributed by atoms with van der Waals surface area (Å²) in [6, 6.07) is 16.4. The van der Waals surface area contributed by atoms with Crippen LogP contribution in [0.4, 0.5) is 0 Å². The largest absolute Gasteiger partial charge is 0.291 e. The van der Waals surface area contributed by atoms with Crippen molar-refractivity contribution in [3.63, 3.8) is 0 Å². The summed E-state index contributed by atoms with van der Waals surface area (Å²) in [5.41, 5.74) is 3.14. The van der Waals surface area contributed by atoms with Gasteiger partial charge in [-0.1, -0.05) is 68.5 Å². The van der Waals surface area contributed by atoms with Crippen molar-refractivity contribution < 1.29 is 0 Å². The number of thiazole rings is 1. The van der Waals surface area contributed by atoms with Gasteiger partial charge in [-0.05, 0) is 41.0 Å². The van der Waals surface area contributed by atoms with Crippen molar-refractivity contribution in [1.82, 2.24) is 14.6 Å². The zero-order valence-corrected chi connectivity index (χ0v) is 17.9. The monoisotopic (exact) mass is 407 g/mol. The highest BCUT2D eigenvalue weighted by atomic mass is 32.2. The smallest absolute Gasteiger partial charge is 0.266 e. The van der Waals surface area contributed by atoms with E-state index in [0.717, 1.165) is 11.1 Å². The van der Waals surface area contributed by atoms with Crippen LogP contribution in [0.5, 0.6) is 0 Å². The predicted molar refractivity (Wildman–Crippen MR) is 118 cm³/mol. The van der Waals surface area contributed by atoms with Gasteiger partial charge < -0.3 is 0 Å². The van der Waals surface area contributed by atoms with Crippen molar-refractivity contribution in [3.05, 3.63) is 74.5 Å². The summed E-state index contributed by atoms with van der Waals surface area (Å²) in [4.78, 5) is 19.1. The van der Waals surface area contributed by atoms with E-state index >= 15 is 0 Å². The average molecular weight is 408 g/mol. The van der Waals surface area contributed by atoms with Crippen molar-refractivity contribution in [2.75, 3.05) is 6.26 Å². The van der Waals surface area contributed by atoms with Crippen LogP contribution in [-0.2, 0) is 5.41 Å². The Morgan fingerprint density at radius 1 is 1.04 bits per heavy atom. The van der Waals surface area contributed by atoms with E-state index in [0.29, 0.717) is 15.3 Å². The molecule has 0 fully saturated rings. The summed E-state index contributed by atoms with van der Waals surface area (Å²) in [6.45, 7) is 6.55. The molecule has 4 nitrogen and oxygen atoms in total. The Bertz CT molecular complexity index is 1230. The van der Waals surface area contributed by atoms with Crippen LogP contribution in [0.1, 0.15) is 31.9 Å². The maximum absolute atomic E-state index is 12.7. The van der Waals surface area contributed by atoms with Gasteiger partial charge in [0.15, 0.2) is 5.82 Å². The highest BCUT2D eigenvalue weighted by molar-refractivity contribution is 7.98. The minimum Gasteiger partial charge on any atom is -0.266 e. The minimum atomic E-state index is -0.126. The molecule has 0 unspecified atom stereocenters. The first-order valence-electron chi connectivity index (χ1n) is 9.01. The van der Waals surface area contributed by atoms with Crippen LogP contribution >= 0.6 is 23.1 Å². The Balaban J connectivity index is 1.70. The molecule has 0 aliphatic rings. The van der Waals surface area contributed by atoms with Gasteiger partial charge in [0, 0.05) is 10.5 Å². The van der Waals surface area contributed by atoms with E-state index in [9.17, 15) is 4.79 Å². The molecule has 4 aromatic rings. The molecular formula is C22H21N3OS2. The highest BCUT2D eigenvalue weighted by Crippen LogP contribution is 2.25. The topological polar surface area (TPSA) is 47.3 Å². The van der Waals surface area contributed by atoms with Crippen LogP contribution in [0.3, 0.4) is 0 Å². The third-order valence-electron chi connectivity index (χ3n) is 4.60. The van der Waals surface area contributed by atoms with Crippen LogP contribution in [0, 0.1) is 0 Å². The summed E-state index contributed by atoms with van der Waals surface area (Å²) in [7, 11) is 0. The van der Waals surface area contributed by atoms with Crippen LogP contribution in [0.15, 0.2) is 58.2 Å². The Morgan fingerprint density at radius 2 is 1.71 bits per heavy atom. The van der Waals surface area contributed by atoms with Crippen molar-refractivity contribution in [3.8, 4) is 11.4 Å². The van der Waals surface area contributed by atoms with E-state index in [-0.39, 0.29) is 11.0 Å². The maximum atomic E-state index is 12.7. The predicted octanol–water partition coefficient (Wildman–Crippen LogP) is 4.39. The third-order valence-corrected chi connectivity index (χ3v) is 6.31. The molecule has 6 heteroatoms. The number of benzene rings is 2. The van der Waals surface area contributed by atoms with E-state index in [1.54, 1.807) is 11.8 Å². The van der Waals surface area contributed by atoms with Gasteiger partial charge >= 0.3 is 0 Å². The zero-order valence-electron chi connectivity index (χ0n) is 16.3. The highest BCUT2D eigenvalue weighted by Gasteiger charge is 2.15. The maximum Gasteiger partial charge on any atom is 0.291 e. The van der Waals surface area contributed by atoms with Gasteiger partial charge in [-0.2, -0.15) is 9.50 Å². The van der Waals surface area contributed by atoms with Crippen LogP contribution in [0.2, 0.25) is 0 Å². The second kappa shape index (κ2) is 7.18. The van der Waals surface area contributed by atoms with Crippen molar-refractivity contribution in [2.24, 2.45) is 0 Å². The molecule has 0 aliphatic heterocycles. The molecule has 0 radical (unpaired) electrons. The molecular weight excluding hydrogens is 386 g/mol. The van der Waals surface area contributed by atoms with Crippen molar-refractivity contribution in [2.45, 2.75) is 31.1 Å². The first-order chi connectivity index (χ1) is 13.3. The molecule has 28 heavy (non-hydrogen) atoms. The molecule has 0 atom stereocenters. The number of fused-ring (bicyclic) bond motifs is 1. The Hall–Kier alpha value is -2.44. The lowest BCUT2D eigenvalue weighted by atomic mass is 9.87. The first kappa shape index (κ1) is 18.9. The van der Waals surface area contributed by atoms with E-state index in [1.165, 1.54) is 26.3 Å². The van der Waals surface area contributed by atoms with Gasteiger partial charge in [-0.25, -0.2) is 0 Å². The Morgan fingerprint density at radius 3 is 2.29 bits per heavy atom. The number of hydrogen-bond acceptors (Lipinski definition) is 5. The summed E-state index contributed by atoms with van der Waals surface area (Å²) in [5.74, 6) is 0.583. The molecule has 2 heterocycles. The summed E-state index contributed by atoms with van der Waals surface area (Å²) in [6.07, 6.45) is 3.94. The van der Waals surface area contributed by atoms with E-state index in [1.807, 2.05) is 36.6 Å². The van der Waals surface area contributed by atoms with Crippen molar-refractivity contribution >= 4 is 34.1 Å². The van der Waals surface area contributed by atoms with Crippen LogP contribution in [-0.4, -0.2) is 20.9 Å². The van der Waals surface area contributed by atoms with Gasteiger partial charge in [-0.15, -0.1) is 16.9 Å². The van der Waals surface area contributed by atoms with Gasteiger partial charge in [0.2, 0.25) is 4.96 Å². The SMILES string of the molecule is CSc1ccc(C=c2sc3nc(-c4ccc(C(C)(C)C)cc4)nn3c2=O)cc1. The molecule has 2 aromatic heterocycles. The molecule has 0 amide bonds. The lowest BCUT2D eigenvalue weighted by Gasteiger charge is -2.18. The molecule has 2 aromatic carbocycles. The normalized spacial score (nSPS) is 12.8. The molecule has 0 bridgehead atoms. The summed E-state index contributed by atoms with van der Waals surface area (Å²) >= 11 is 3.06. The fourth-order valence-electron chi connectivity index (χ4n) is 2.93. The number of aromatic nitrogens is 3. The average Bonchev–Trinajstić information content (AvgIpc) is 3.22. The standard InChI is InChI=1S/C22H21N3OS2/c1-22(2,3)16-9-7-15(8-10-16)19-23-21-25(24-19)20(26)18(28-21)13-14-5-11-17(27-4)12-6-14/h5-13H,1-4H3. The van der Waals surface area contributed by atoms with E-state index in [2.05, 4.69) is 55.1 Å². The van der Waals surface area contributed by atoms with Crippen molar-refractivity contribution in [1.29, 1.82) is 0 Å². The fraction of sp³-hybridized carbons (Fsp3) is 0.227. The first-order valence-corrected chi connectivity index (χ1v) is 11.1. The van der Waals surface area contributed by atoms with Gasteiger partial charge in [-0.3, -0.25) is 4.79 Å². The number of rotatable bonds is 3. The third kappa shape index (κ3) is 3.62. The minimum absolute atomic E-state index is 0.0987. The molecule has 142 valence electrons. The van der Waals surface area contributed by atoms with E-state index < -0.39 is 0 Å². The molecule has 0 spiro atoms. The quantitative estimate of drug-likeness (QED) is 0.473. The summed E-state index contributed by atoms with van der Waals surface area (Å²) in [5, 5.41) is 4.44. The van der Waals surface area contributed by atoms with Gasteiger partial charge in [0.05, 0.1) is 4.53 Å². The lowest BCUT2D eigenvalue weighted by Crippen LogP contribution is -2.23. The number of thioether (sulfide) groups is 1. The molecule has 0 saturated carbocycles. The van der Waals surface area contributed by atoms with Gasteiger partial charge in [0.25, 0.3) is 5.56 Å².